The number of ether oxygens (including phenoxy) is 2. The van der Waals surface area contributed by atoms with Crippen LogP contribution in [-0.4, -0.2) is 95.4 Å². The van der Waals surface area contributed by atoms with E-state index in [-0.39, 0.29) is 34.3 Å². The summed E-state index contributed by atoms with van der Waals surface area (Å²) in [6.45, 7) is 7.49. The first-order chi connectivity index (χ1) is 18.4. The molecule has 1 aliphatic carbocycles. The lowest BCUT2D eigenvalue weighted by atomic mass is 10.2. The van der Waals surface area contributed by atoms with Gasteiger partial charge in [-0.25, -0.2) is 23.1 Å². The van der Waals surface area contributed by atoms with Gasteiger partial charge in [0, 0.05) is 33.3 Å². The predicted molar refractivity (Wildman–Crippen MR) is 142 cm³/mol. The minimum absolute atomic E-state index is 0.00968. The van der Waals surface area contributed by atoms with Gasteiger partial charge in [-0.05, 0) is 31.2 Å². The number of aromatic nitrogens is 5. The van der Waals surface area contributed by atoms with Gasteiger partial charge in [0.15, 0.2) is 5.52 Å². The van der Waals surface area contributed by atoms with E-state index < -0.39 is 15.6 Å². The number of aromatic amines is 1. The van der Waals surface area contributed by atoms with E-state index in [1.807, 2.05) is 25.2 Å². The lowest BCUT2D eigenvalue weighted by Crippen LogP contribution is -2.48. The summed E-state index contributed by atoms with van der Waals surface area (Å²) in [5, 5.41) is 4.47. The van der Waals surface area contributed by atoms with Crippen LogP contribution in [0.15, 0.2) is 40.2 Å². The number of likely N-dealkylation sites (N-methyl/N-ethyl adjacent to an activating group) is 1. The number of rotatable bonds is 10. The zero-order valence-electron chi connectivity index (χ0n) is 21.7. The van der Waals surface area contributed by atoms with Crippen molar-refractivity contribution in [3.8, 4) is 17.3 Å². The zero-order valence-corrected chi connectivity index (χ0v) is 22.5. The van der Waals surface area contributed by atoms with Gasteiger partial charge >= 0.3 is 0 Å². The van der Waals surface area contributed by atoms with Crippen molar-refractivity contribution >= 4 is 26.8 Å². The maximum atomic E-state index is 13.5. The molecule has 3 aromatic heterocycles. The Morgan fingerprint density at radius 1 is 1.11 bits per heavy atom. The molecule has 5 rings (SSSR count). The van der Waals surface area contributed by atoms with E-state index in [4.69, 9.17) is 14.5 Å². The first kappa shape index (κ1) is 26.2. The Morgan fingerprint density at radius 2 is 1.87 bits per heavy atom. The van der Waals surface area contributed by atoms with Crippen LogP contribution in [0.1, 0.15) is 19.5 Å². The van der Waals surface area contributed by atoms with Crippen LogP contribution >= 0.6 is 0 Å². The molecule has 3 aromatic rings. The third kappa shape index (κ3) is 4.77. The van der Waals surface area contributed by atoms with Crippen molar-refractivity contribution in [2.75, 3.05) is 53.0 Å². The zero-order chi connectivity index (χ0) is 26.9. The van der Waals surface area contributed by atoms with Crippen molar-refractivity contribution < 1.29 is 17.9 Å². The van der Waals surface area contributed by atoms with Gasteiger partial charge in [-0.15, -0.1) is 0 Å². The number of piperazine rings is 1. The Bertz CT molecular complexity index is 1570. The van der Waals surface area contributed by atoms with Crippen LogP contribution in [-0.2, 0) is 21.2 Å². The summed E-state index contributed by atoms with van der Waals surface area (Å²) in [5.41, 5.74) is 2.12. The average molecular weight is 542 g/mol. The lowest BCUT2D eigenvalue weighted by molar-refractivity contribution is 0.144. The molecule has 0 unspecified atom stereocenters. The normalized spacial score (nSPS) is 16.6. The van der Waals surface area contributed by atoms with Crippen LogP contribution in [0, 0.1) is 0 Å². The molecule has 202 valence electrons. The Kier molecular flexibility index (Phi) is 7.43. The number of H-pyrrole nitrogens is 1. The van der Waals surface area contributed by atoms with E-state index in [1.165, 1.54) is 16.6 Å². The minimum atomic E-state index is -3.82. The summed E-state index contributed by atoms with van der Waals surface area (Å²) in [5.74, 6) is 0.303. The van der Waals surface area contributed by atoms with Gasteiger partial charge in [0.1, 0.15) is 22.8 Å². The highest BCUT2D eigenvalue weighted by molar-refractivity contribution is 7.89. The van der Waals surface area contributed by atoms with Crippen LogP contribution in [0.4, 0.5) is 0 Å². The number of aryl methyl sites for hydroxylation is 1. The second-order valence-corrected chi connectivity index (χ2v) is 10.9. The molecule has 4 heterocycles. The molecule has 0 saturated carbocycles. The van der Waals surface area contributed by atoms with Crippen molar-refractivity contribution in [2.24, 2.45) is 0 Å². The number of sulfonamides is 1. The van der Waals surface area contributed by atoms with Crippen molar-refractivity contribution in [3.05, 3.63) is 46.5 Å². The van der Waals surface area contributed by atoms with Gasteiger partial charge in [-0.2, -0.15) is 9.40 Å². The quantitative estimate of drug-likeness (QED) is 0.379. The van der Waals surface area contributed by atoms with E-state index in [0.29, 0.717) is 44.7 Å². The monoisotopic (exact) mass is 541 g/mol. The highest BCUT2D eigenvalue weighted by Crippen LogP contribution is 2.31. The summed E-state index contributed by atoms with van der Waals surface area (Å²) >= 11 is 0. The van der Waals surface area contributed by atoms with Crippen LogP contribution in [0.3, 0.4) is 0 Å². The highest BCUT2D eigenvalue weighted by atomic mass is 32.2. The third-order valence-corrected chi connectivity index (χ3v) is 8.62. The molecular formula is C25H31N7O5S. The molecule has 38 heavy (non-hydrogen) atoms. The topological polar surface area (TPSA) is 136 Å². The van der Waals surface area contributed by atoms with Crippen molar-refractivity contribution in [2.45, 2.75) is 25.2 Å². The third-order valence-electron chi connectivity index (χ3n) is 6.76. The van der Waals surface area contributed by atoms with E-state index >= 15 is 0 Å². The molecule has 0 atom stereocenters. The molecule has 1 saturated heterocycles. The van der Waals surface area contributed by atoms with Gasteiger partial charge in [0.25, 0.3) is 5.56 Å². The molecule has 0 radical (unpaired) electrons. The molecule has 1 aliphatic heterocycles. The molecule has 0 spiro atoms. The number of pyridine rings is 1. The molecule has 1 fully saturated rings. The fourth-order valence-electron chi connectivity index (χ4n) is 4.52. The SMILES string of the molecule is CCc1c2nc(-c3cc(S(=O)(=O)N4CCN(CC)CC4)cnc3OCCOC)[nH]c(=O)c2nn1C1=CC=C1. The second-order valence-electron chi connectivity index (χ2n) is 8.98. The van der Waals surface area contributed by atoms with Crippen molar-refractivity contribution in [1.29, 1.82) is 0 Å². The van der Waals surface area contributed by atoms with Gasteiger partial charge in [-0.3, -0.25) is 4.79 Å². The van der Waals surface area contributed by atoms with Gasteiger partial charge in [0.05, 0.1) is 29.8 Å². The molecule has 0 bridgehead atoms. The number of fused-ring (bicyclic) bond motifs is 1. The molecule has 12 nitrogen and oxygen atoms in total. The first-order valence-corrected chi connectivity index (χ1v) is 14.1. The van der Waals surface area contributed by atoms with Gasteiger partial charge in [-0.1, -0.05) is 19.9 Å². The van der Waals surface area contributed by atoms with E-state index in [1.54, 1.807) is 11.8 Å². The molecule has 1 N–H and O–H groups in total. The lowest BCUT2D eigenvalue weighted by Gasteiger charge is -2.33. The van der Waals surface area contributed by atoms with Crippen LogP contribution in [0.25, 0.3) is 28.1 Å². The maximum absolute atomic E-state index is 13.5. The summed E-state index contributed by atoms with van der Waals surface area (Å²) < 4.78 is 41.1. The van der Waals surface area contributed by atoms with E-state index in [2.05, 4.69) is 26.9 Å². The molecule has 13 heteroatoms. The van der Waals surface area contributed by atoms with Crippen molar-refractivity contribution in [3.63, 3.8) is 0 Å². The van der Waals surface area contributed by atoms with Crippen LogP contribution in [0.5, 0.6) is 5.88 Å². The number of methoxy groups -OCH3 is 1. The smallest absolute Gasteiger partial charge is 0.279 e. The standard InChI is InChI=1S/C25H31N7O5S/c1-4-20-21-22(29-32(20)17-7-6-8-17)24(33)28-23(27-21)19-15-18(16-26-25(19)37-14-13-36-3)38(34,35)31-11-9-30(5-2)10-12-31/h6-8,15-16H,4-5,9-14H2,1-3H3,(H,27,28,33). The predicted octanol–water partition coefficient (Wildman–Crippen LogP) is 1.51. The Balaban J connectivity index is 1.60. The van der Waals surface area contributed by atoms with Gasteiger partial charge in [0.2, 0.25) is 15.9 Å². The fourth-order valence-corrected chi connectivity index (χ4v) is 5.91. The highest BCUT2D eigenvalue weighted by Gasteiger charge is 2.30. The van der Waals surface area contributed by atoms with Crippen LogP contribution in [0.2, 0.25) is 0 Å². The molecule has 2 aliphatic rings. The first-order valence-electron chi connectivity index (χ1n) is 12.6. The molecule has 0 aromatic carbocycles. The number of allylic oxidation sites excluding steroid dienone is 4. The number of hydrogen-bond donors (Lipinski definition) is 1. The average Bonchev–Trinajstić information content (AvgIpc) is 3.26. The second kappa shape index (κ2) is 10.8. The van der Waals surface area contributed by atoms with E-state index in [0.717, 1.165) is 17.9 Å². The van der Waals surface area contributed by atoms with E-state index in [9.17, 15) is 13.2 Å². The molecular weight excluding hydrogens is 510 g/mol. The maximum Gasteiger partial charge on any atom is 0.279 e. The van der Waals surface area contributed by atoms with Crippen molar-refractivity contribution in [1.82, 2.24) is 33.9 Å². The largest absolute Gasteiger partial charge is 0.475 e. The van der Waals surface area contributed by atoms with Gasteiger partial charge < -0.3 is 19.4 Å². The number of nitrogens with one attached hydrogen (secondary N) is 1. The summed E-state index contributed by atoms with van der Waals surface area (Å²) in [6, 6.07) is 1.47. The Labute approximate surface area is 220 Å². The minimum Gasteiger partial charge on any atom is -0.475 e. The summed E-state index contributed by atoms with van der Waals surface area (Å²) in [6.07, 6.45) is 7.58. The molecule has 0 amide bonds. The Morgan fingerprint density at radius 3 is 2.50 bits per heavy atom. The fraction of sp³-hybridized carbons (Fsp3) is 0.440. The number of nitrogens with zero attached hydrogens (tertiary/aromatic N) is 6. The summed E-state index contributed by atoms with van der Waals surface area (Å²) in [7, 11) is -2.27. The van der Waals surface area contributed by atoms with Crippen LogP contribution < -0.4 is 10.3 Å². The number of hydrogen-bond acceptors (Lipinski definition) is 9. The summed E-state index contributed by atoms with van der Waals surface area (Å²) in [4.78, 5) is 27.2. The Hall–Kier alpha value is -3.39.